The molecule has 0 aliphatic heterocycles. The van der Waals surface area contributed by atoms with Crippen molar-refractivity contribution in [3.05, 3.63) is 30.1 Å². The summed E-state index contributed by atoms with van der Waals surface area (Å²) in [6, 6.07) is 6.67. The number of nitrogens with zero attached hydrogens (tertiary/aromatic N) is 1. The van der Waals surface area contributed by atoms with Gasteiger partial charge in [0.25, 0.3) is 0 Å². The molecule has 3 rings (SSSR count). The number of nitrogens with one attached hydrogen (secondary N) is 1. The van der Waals surface area contributed by atoms with Crippen molar-refractivity contribution in [1.82, 2.24) is 9.97 Å². The molecule has 3 nitrogen and oxygen atoms in total. The van der Waals surface area contributed by atoms with E-state index in [1.807, 2.05) is 0 Å². The molecule has 0 amide bonds. The van der Waals surface area contributed by atoms with Gasteiger partial charge >= 0.3 is 0 Å². The topological polar surface area (TPSA) is 54.7 Å². The average Bonchev–Trinajstić information content (AvgIpc) is 2.91. The predicted octanol–water partition coefficient (Wildman–Crippen LogP) is 1.94. The molecule has 1 atom stereocenters. The number of hydrogen-bond donors (Lipinski definition) is 2. The molecular weight excluding hydrogens is 186 g/mol. The molecule has 3 N–H and O–H groups in total. The highest BCUT2D eigenvalue weighted by molar-refractivity contribution is 5.75. The zero-order valence-electron chi connectivity index (χ0n) is 8.83. The molecule has 3 heteroatoms. The van der Waals surface area contributed by atoms with Crippen molar-refractivity contribution in [3.63, 3.8) is 0 Å². The lowest BCUT2D eigenvalue weighted by molar-refractivity contribution is 0.557. The van der Waals surface area contributed by atoms with E-state index in [1.165, 1.54) is 18.4 Å². The normalized spacial score (nSPS) is 20.4. The summed E-state index contributed by atoms with van der Waals surface area (Å²) in [6.45, 7) is 2.10. The van der Waals surface area contributed by atoms with E-state index >= 15 is 0 Å². The highest BCUT2D eigenvalue weighted by Gasteiger charge is 2.47. The van der Waals surface area contributed by atoms with Crippen LogP contribution in [0.2, 0.25) is 0 Å². The molecule has 0 saturated heterocycles. The van der Waals surface area contributed by atoms with E-state index in [4.69, 9.17) is 5.73 Å². The third-order valence-corrected chi connectivity index (χ3v) is 3.66. The van der Waals surface area contributed by atoms with E-state index in [1.54, 1.807) is 6.33 Å². The number of benzene rings is 1. The van der Waals surface area contributed by atoms with Crippen LogP contribution in [-0.2, 0) is 5.41 Å². The number of aromatic nitrogens is 2. The minimum Gasteiger partial charge on any atom is -0.345 e. The fraction of sp³-hybridized carbons (Fsp3) is 0.417. The van der Waals surface area contributed by atoms with Gasteiger partial charge in [-0.15, -0.1) is 0 Å². The smallest absolute Gasteiger partial charge is 0.0931 e. The predicted molar refractivity (Wildman–Crippen MR) is 60.7 cm³/mol. The van der Waals surface area contributed by atoms with Gasteiger partial charge in [-0.3, -0.25) is 0 Å². The van der Waals surface area contributed by atoms with Gasteiger partial charge < -0.3 is 10.7 Å². The van der Waals surface area contributed by atoms with Gasteiger partial charge in [-0.05, 0) is 37.5 Å². The van der Waals surface area contributed by atoms with E-state index in [9.17, 15) is 0 Å². The second-order valence-electron chi connectivity index (χ2n) is 4.58. The Hall–Kier alpha value is -1.35. The van der Waals surface area contributed by atoms with Crippen LogP contribution in [0.25, 0.3) is 11.0 Å². The lowest BCUT2D eigenvalue weighted by Crippen LogP contribution is -2.31. The minimum atomic E-state index is 0.234. The van der Waals surface area contributed by atoms with E-state index < -0.39 is 0 Å². The quantitative estimate of drug-likeness (QED) is 0.780. The summed E-state index contributed by atoms with van der Waals surface area (Å²) in [7, 11) is 0. The maximum atomic E-state index is 6.06. The van der Waals surface area contributed by atoms with Gasteiger partial charge in [-0.2, -0.15) is 0 Å². The second-order valence-corrected chi connectivity index (χ2v) is 4.58. The lowest BCUT2D eigenvalue weighted by atomic mass is 9.89. The molecule has 78 valence electrons. The Labute approximate surface area is 88.7 Å². The molecule has 1 aromatic heterocycles. The zero-order valence-corrected chi connectivity index (χ0v) is 8.83. The first-order valence-corrected chi connectivity index (χ1v) is 5.41. The zero-order chi connectivity index (χ0) is 10.5. The number of imidazole rings is 1. The van der Waals surface area contributed by atoms with Crippen molar-refractivity contribution >= 4 is 11.0 Å². The molecule has 0 bridgehead atoms. The number of rotatable bonds is 2. The van der Waals surface area contributed by atoms with Gasteiger partial charge in [-0.1, -0.05) is 6.07 Å². The summed E-state index contributed by atoms with van der Waals surface area (Å²) in [5, 5.41) is 0. The number of fused-ring (bicyclic) bond motifs is 1. The molecule has 15 heavy (non-hydrogen) atoms. The Kier molecular flexibility index (Phi) is 1.68. The summed E-state index contributed by atoms with van der Waals surface area (Å²) >= 11 is 0. The number of nitrogens with two attached hydrogens (primary N) is 1. The molecule has 0 radical (unpaired) electrons. The second kappa shape index (κ2) is 2.83. The maximum absolute atomic E-state index is 6.06. The van der Waals surface area contributed by atoms with Crippen molar-refractivity contribution in [2.24, 2.45) is 5.73 Å². The van der Waals surface area contributed by atoms with Gasteiger partial charge in [0.1, 0.15) is 0 Å². The lowest BCUT2D eigenvalue weighted by Gasteiger charge is -2.19. The van der Waals surface area contributed by atoms with E-state index in [2.05, 4.69) is 35.1 Å². The Bertz CT molecular complexity index is 494. The fourth-order valence-electron chi connectivity index (χ4n) is 2.39. The van der Waals surface area contributed by atoms with Gasteiger partial charge in [0, 0.05) is 11.5 Å². The molecule has 1 unspecified atom stereocenters. The maximum Gasteiger partial charge on any atom is 0.0931 e. The van der Waals surface area contributed by atoms with Gasteiger partial charge in [0.2, 0.25) is 0 Å². The standard InChI is InChI=1S/C12H15N3/c1-8(13)12(4-5-12)9-2-3-10-11(6-9)15-7-14-10/h2-3,6-8H,4-5,13H2,1H3,(H,14,15). The van der Waals surface area contributed by atoms with Crippen molar-refractivity contribution in [3.8, 4) is 0 Å². The van der Waals surface area contributed by atoms with Crippen molar-refractivity contribution in [2.45, 2.75) is 31.2 Å². The summed E-state index contributed by atoms with van der Waals surface area (Å²) in [5.41, 5.74) is 9.79. The molecule has 1 aliphatic rings. The van der Waals surface area contributed by atoms with Crippen LogP contribution >= 0.6 is 0 Å². The van der Waals surface area contributed by atoms with Crippen molar-refractivity contribution in [1.29, 1.82) is 0 Å². The minimum absolute atomic E-state index is 0.234. The molecule has 0 spiro atoms. The molecule has 1 aliphatic carbocycles. The van der Waals surface area contributed by atoms with Crippen LogP contribution in [0.3, 0.4) is 0 Å². The molecular formula is C12H15N3. The first-order valence-electron chi connectivity index (χ1n) is 5.41. The van der Waals surface area contributed by atoms with Gasteiger partial charge in [0.05, 0.1) is 17.4 Å². The Morgan fingerprint density at radius 1 is 1.47 bits per heavy atom. The molecule has 1 saturated carbocycles. The van der Waals surface area contributed by atoms with Crippen LogP contribution in [0.15, 0.2) is 24.5 Å². The van der Waals surface area contributed by atoms with Gasteiger partial charge in [-0.25, -0.2) is 4.98 Å². The Morgan fingerprint density at radius 3 is 2.93 bits per heavy atom. The van der Waals surface area contributed by atoms with Crippen LogP contribution in [0, 0.1) is 0 Å². The van der Waals surface area contributed by atoms with Crippen LogP contribution < -0.4 is 5.73 Å². The van der Waals surface area contributed by atoms with Crippen molar-refractivity contribution in [2.75, 3.05) is 0 Å². The van der Waals surface area contributed by atoms with Crippen LogP contribution in [0.5, 0.6) is 0 Å². The number of hydrogen-bond acceptors (Lipinski definition) is 2. The third-order valence-electron chi connectivity index (χ3n) is 3.66. The monoisotopic (exact) mass is 201 g/mol. The summed E-state index contributed by atoms with van der Waals surface area (Å²) < 4.78 is 0. The molecule has 1 heterocycles. The van der Waals surface area contributed by atoms with E-state index in [-0.39, 0.29) is 11.5 Å². The van der Waals surface area contributed by atoms with Crippen LogP contribution in [0.4, 0.5) is 0 Å². The Morgan fingerprint density at radius 2 is 2.27 bits per heavy atom. The molecule has 1 fully saturated rings. The number of H-pyrrole nitrogens is 1. The Balaban J connectivity index is 2.11. The van der Waals surface area contributed by atoms with E-state index in [0.717, 1.165) is 11.0 Å². The van der Waals surface area contributed by atoms with Gasteiger partial charge in [0.15, 0.2) is 0 Å². The molecule has 1 aromatic carbocycles. The van der Waals surface area contributed by atoms with Crippen LogP contribution in [0.1, 0.15) is 25.3 Å². The fourth-order valence-corrected chi connectivity index (χ4v) is 2.39. The summed E-state index contributed by atoms with van der Waals surface area (Å²) in [5.74, 6) is 0. The van der Waals surface area contributed by atoms with E-state index in [0.29, 0.717) is 0 Å². The third kappa shape index (κ3) is 1.20. The summed E-state index contributed by atoms with van der Waals surface area (Å²) in [4.78, 5) is 7.37. The highest BCUT2D eigenvalue weighted by atomic mass is 14.9. The SMILES string of the molecule is CC(N)C1(c2ccc3nc[nH]c3c2)CC1. The largest absolute Gasteiger partial charge is 0.345 e. The average molecular weight is 201 g/mol. The van der Waals surface area contributed by atoms with Crippen LogP contribution in [-0.4, -0.2) is 16.0 Å². The summed E-state index contributed by atoms with van der Waals surface area (Å²) in [6.07, 6.45) is 4.16. The first-order chi connectivity index (χ1) is 7.22. The van der Waals surface area contributed by atoms with Crippen molar-refractivity contribution < 1.29 is 0 Å². The number of aromatic amines is 1. The first kappa shape index (κ1) is 8.92. The highest BCUT2D eigenvalue weighted by Crippen LogP contribution is 2.50. The molecule has 2 aromatic rings.